The van der Waals surface area contributed by atoms with Crippen LogP contribution in [-0.4, -0.2) is 17.6 Å². The molecule has 25 heavy (non-hydrogen) atoms. The van der Waals surface area contributed by atoms with Crippen LogP contribution in [0.4, 0.5) is 0 Å². The average Bonchev–Trinajstić information content (AvgIpc) is 3.07. The Morgan fingerprint density at radius 1 is 1.12 bits per heavy atom. The maximum atomic E-state index is 12.4. The van der Waals surface area contributed by atoms with Gasteiger partial charge < -0.3 is 14.8 Å². The first-order valence-electron chi connectivity index (χ1n) is 8.68. The highest BCUT2D eigenvalue weighted by molar-refractivity contribution is 5.83. The van der Waals surface area contributed by atoms with Gasteiger partial charge in [-0.05, 0) is 30.5 Å². The van der Waals surface area contributed by atoms with E-state index in [1.165, 1.54) is 0 Å². The first-order valence-corrected chi connectivity index (χ1v) is 8.68. The summed E-state index contributed by atoms with van der Waals surface area (Å²) in [5, 5.41) is 14.2. The normalized spacial score (nSPS) is 13.5. The number of para-hydroxylation sites is 1. The summed E-state index contributed by atoms with van der Waals surface area (Å²) in [6.07, 6.45) is 0.420. The van der Waals surface area contributed by atoms with Crippen molar-refractivity contribution in [2.75, 3.05) is 6.54 Å². The lowest BCUT2D eigenvalue weighted by Gasteiger charge is -2.16. The highest BCUT2D eigenvalue weighted by Gasteiger charge is 2.19. The van der Waals surface area contributed by atoms with Gasteiger partial charge in [0, 0.05) is 11.9 Å². The summed E-state index contributed by atoms with van der Waals surface area (Å²) in [5.74, 6) is 0.362. The topological polar surface area (TPSA) is 62.5 Å². The van der Waals surface area contributed by atoms with E-state index in [4.69, 9.17) is 4.42 Å². The van der Waals surface area contributed by atoms with Crippen molar-refractivity contribution in [2.24, 2.45) is 0 Å². The van der Waals surface area contributed by atoms with Gasteiger partial charge in [0.05, 0.1) is 5.92 Å². The molecule has 2 N–H and O–H groups in total. The molecule has 0 aliphatic heterocycles. The van der Waals surface area contributed by atoms with Gasteiger partial charge in [0.25, 0.3) is 0 Å². The number of hydrogen-bond donors (Lipinski definition) is 2. The molecule has 0 unspecified atom stereocenters. The van der Waals surface area contributed by atoms with Crippen molar-refractivity contribution in [1.82, 2.24) is 5.32 Å². The zero-order valence-electron chi connectivity index (χ0n) is 14.3. The maximum Gasteiger partial charge on any atom is 0.227 e. The predicted octanol–water partition coefficient (Wildman–Crippen LogP) is 4.17. The fourth-order valence-electron chi connectivity index (χ4n) is 3.02. The molecule has 3 rings (SSSR count). The molecule has 2 atom stereocenters. The average molecular weight is 337 g/mol. The molecule has 4 heteroatoms. The van der Waals surface area contributed by atoms with Crippen molar-refractivity contribution in [3.63, 3.8) is 0 Å². The molecular weight excluding hydrogens is 314 g/mol. The molecule has 0 bridgehead atoms. The van der Waals surface area contributed by atoms with E-state index in [1.54, 1.807) is 0 Å². The number of nitrogens with one attached hydrogen (secondary N) is 1. The fourth-order valence-corrected chi connectivity index (χ4v) is 3.02. The molecule has 0 aliphatic carbocycles. The third-order valence-electron chi connectivity index (χ3n) is 4.42. The Labute approximate surface area is 147 Å². The molecule has 0 radical (unpaired) electrons. The Hall–Kier alpha value is -2.59. The Balaban J connectivity index is 1.55. The minimum atomic E-state index is -0.732. The molecule has 4 nitrogen and oxygen atoms in total. The van der Waals surface area contributed by atoms with E-state index in [2.05, 4.69) is 5.32 Å². The smallest absolute Gasteiger partial charge is 0.227 e. The SMILES string of the molecule is CC[C@H](C(=O)NCC[C@@H](O)c1cc2ccccc2o1)c1ccccc1. The van der Waals surface area contributed by atoms with Crippen LogP contribution in [0.25, 0.3) is 11.0 Å². The van der Waals surface area contributed by atoms with Gasteiger partial charge in [-0.3, -0.25) is 4.79 Å². The lowest BCUT2D eigenvalue weighted by atomic mass is 9.95. The summed E-state index contributed by atoms with van der Waals surface area (Å²) < 4.78 is 5.66. The number of hydrogen-bond acceptors (Lipinski definition) is 3. The third-order valence-corrected chi connectivity index (χ3v) is 4.42. The first kappa shape index (κ1) is 17.2. The molecule has 1 amide bonds. The van der Waals surface area contributed by atoms with E-state index in [1.807, 2.05) is 67.6 Å². The second-order valence-electron chi connectivity index (χ2n) is 6.15. The van der Waals surface area contributed by atoms with E-state index in [0.29, 0.717) is 18.7 Å². The second kappa shape index (κ2) is 7.99. The standard InChI is InChI=1S/C21H23NO3/c1-2-17(15-8-4-3-5-9-15)21(24)22-13-12-18(23)20-14-16-10-6-7-11-19(16)25-20/h3-11,14,17-18,23H,2,12-13H2,1H3,(H,22,24)/t17-,18+/m0/s1. The number of furan rings is 1. The van der Waals surface area contributed by atoms with E-state index in [-0.39, 0.29) is 11.8 Å². The molecule has 0 spiro atoms. The first-order chi connectivity index (χ1) is 12.2. The van der Waals surface area contributed by atoms with Crippen molar-refractivity contribution >= 4 is 16.9 Å². The minimum absolute atomic E-state index is 0.00879. The fraction of sp³-hybridized carbons (Fsp3) is 0.286. The number of rotatable bonds is 7. The Bertz CT molecular complexity index is 792. The van der Waals surface area contributed by atoms with Gasteiger partial charge >= 0.3 is 0 Å². The molecule has 3 aromatic rings. The summed E-state index contributed by atoms with van der Waals surface area (Å²) >= 11 is 0. The molecule has 1 aromatic heterocycles. The van der Waals surface area contributed by atoms with Crippen LogP contribution in [0.3, 0.4) is 0 Å². The number of carbonyl (C=O) groups excluding carboxylic acids is 1. The number of aliphatic hydroxyl groups is 1. The Morgan fingerprint density at radius 2 is 1.84 bits per heavy atom. The van der Waals surface area contributed by atoms with Crippen LogP contribution in [-0.2, 0) is 4.79 Å². The number of aliphatic hydroxyl groups excluding tert-OH is 1. The Morgan fingerprint density at radius 3 is 2.56 bits per heavy atom. The van der Waals surface area contributed by atoms with E-state index in [9.17, 15) is 9.90 Å². The number of benzene rings is 2. The summed E-state index contributed by atoms with van der Waals surface area (Å²) in [4.78, 5) is 12.4. The van der Waals surface area contributed by atoms with Crippen LogP contribution < -0.4 is 5.32 Å². The van der Waals surface area contributed by atoms with Gasteiger partial charge in [-0.25, -0.2) is 0 Å². The number of fused-ring (bicyclic) bond motifs is 1. The largest absolute Gasteiger partial charge is 0.458 e. The van der Waals surface area contributed by atoms with Crippen molar-refractivity contribution in [3.8, 4) is 0 Å². The van der Waals surface area contributed by atoms with Crippen LogP contribution >= 0.6 is 0 Å². The molecule has 0 saturated heterocycles. The van der Waals surface area contributed by atoms with Crippen LogP contribution in [0, 0.1) is 0 Å². The van der Waals surface area contributed by atoms with Gasteiger partial charge in [-0.2, -0.15) is 0 Å². The highest BCUT2D eigenvalue weighted by Crippen LogP contribution is 2.25. The van der Waals surface area contributed by atoms with Crippen molar-refractivity contribution in [2.45, 2.75) is 31.8 Å². The summed E-state index contributed by atoms with van der Waals surface area (Å²) in [6, 6.07) is 19.3. The van der Waals surface area contributed by atoms with Gasteiger partial charge in [0.2, 0.25) is 5.91 Å². The quantitative estimate of drug-likeness (QED) is 0.680. The number of amides is 1. The third kappa shape index (κ3) is 4.09. The predicted molar refractivity (Wildman–Crippen MR) is 98.3 cm³/mol. The van der Waals surface area contributed by atoms with Gasteiger partial charge in [0.1, 0.15) is 17.4 Å². The van der Waals surface area contributed by atoms with Crippen LogP contribution in [0.2, 0.25) is 0 Å². The molecule has 0 aliphatic rings. The van der Waals surface area contributed by atoms with Crippen molar-refractivity contribution < 1.29 is 14.3 Å². The minimum Gasteiger partial charge on any atom is -0.458 e. The molecule has 1 heterocycles. The van der Waals surface area contributed by atoms with Crippen LogP contribution in [0.5, 0.6) is 0 Å². The molecular formula is C21H23NO3. The van der Waals surface area contributed by atoms with Gasteiger partial charge in [-0.1, -0.05) is 55.5 Å². The number of carbonyl (C=O) groups is 1. The maximum absolute atomic E-state index is 12.4. The molecule has 0 saturated carbocycles. The Kier molecular flexibility index (Phi) is 5.51. The summed E-state index contributed by atoms with van der Waals surface area (Å²) in [5.41, 5.74) is 1.77. The zero-order chi connectivity index (χ0) is 17.6. The van der Waals surface area contributed by atoms with Crippen LogP contribution in [0.1, 0.15) is 43.1 Å². The van der Waals surface area contributed by atoms with E-state index >= 15 is 0 Å². The van der Waals surface area contributed by atoms with Gasteiger partial charge in [0.15, 0.2) is 0 Å². The molecule has 0 fully saturated rings. The molecule has 2 aromatic carbocycles. The highest BCUT2D eigenvalue weighted by atomic mass is 16.4. The van der Waals surface area contributed by atoms with E-state index in [0.717, 1.165) is 23.0 Å². The molecule has 130 valence electrons. The lowest BCUT2D eigenvalue weighted by molar-refractivity contribution is -0.122. The summed E-state index contributed by atoms with van der Waals surface area (Å²) in [7, 11) is 0. The van der Waals surface area contributed by atoms with E-state index < -0.39 is 6.10 Å². The zero-order valence-corrected chi connectivity index (χ0v) is 14.3. The second-order valence-corrected chi connectivity index (χ2v) is 6.15. The van der Waals surface area contributed by atoms with Crippen molar-refractivity contribution in [3.05, 3.63) is 72.0 Å². The monoisotopic (exact) mass is 337 g/mol. The lowest BCUT2D eigenvalue weighted by Crippen LogP contribution is -2.30. The van der Waals surface area contributed by atoms with Crippen LogP contribution in [0.15, 0.2) is 65.1 Å². The summed E-state index contributed by atoms with van der Waals surface area (Å²) in [6.45, 7) is 2.40. The van der Waals surface area contributed by atoms with Gasteiger partial charge in [-0.15, -0.1) is 0 Å². The van der Waals surface area contributed by atoms with Crippen molar-refractivity contribution in [1.29, 1.82) is 0 Å².